The van der Waals surface area contributed by atoms with Gasteiger partial charge in [-0.3, -0.25) is 0 Å². The Balaban J connectivity index is 1.05. The lowest BCUT2D eigenvalue weighted by Crippen LogP contribution is -2.47. The maximum absolute atomic E-state index is 13.8. The van der Waals surface area contributed by atoms with Crippen molar-refractivity contribution in [3.05, 3.63) is 71.0 Å². The van der Waals surface area contributed by atoms with E-state index in [0.717, 1.165) is 74.7 Å². The van der Waals surface area contributed by atoms with E-state index in [-0.39, 0.29) is 22.6 Å². The fourth-order valence-electron chi connectivity index (χ4n) is 7.15. The van der Waals surface area contributed by atoms with E-state index in [9.17, 15) is 23.1 Å². The molecule has 3 fully saturated rings. The van der Waals surface area contributed by atoms with Crippen LogP contribution in [0.5, 0.6) is 0 Å². The molecule has 41 heavy (non-hydrogen) atoms. The molecule has 7 rings (SSSR count). The summed E-state index contributed by atoms with van der Waals surface area (Å²) in [6.07, 6.45) is 4.41. The van der Waals surface area contributed by atoms with E-state index in [1.54, 1.807) is 13.0 Å². The summed E-state index contributed by atoms with van der Waals surface area (Å²) in [5.41, 5.74) is 2.62. The monoisotopic (exact) mass is 564 g/mol. The summed E-state index contributed by atoms with van der Waals surface area (Å²) in [5.74, 6) is 1.06. The van der Waals surface area contributed by atoms with Crippen molar-refractivity contribution in [2.24, 2.45) is 11.3 Å². The fourth-order valence-corrected chi connectivity index (χ4v) is 7.15. The van der Waals surface area contributed by atoms with Crippen molar-refractivity contribution in [3.63, 3.8) is 0 Å². The van der Waals surface area contributed by atoms with Gasteiger partial charge in [-0.05, 0) is 81.4 Å². The van der Waals surface area contributed by atoms with Gasteiger partial charge >= 0.3 is 12.1 Å². The smallest absolute Gasteiger partial charge is 0.417 e. The second kappa shape index (κ2) is 9.36. The molecule has 10 heteroatoms. The lowest BCUT2D eigenvalue weighted by molar-refractivity contribution is -0.137. The van der Waals surface area contributed by atoms with Gasteiger partial charge in [0.1, 0.15) is 17.3 Å². The van der Waals surface area contributed by atoms with E-state index in [4.69, 9.17) is 4.52 Å². The number of anilines is 1. The molecular weight excluding hydrogens is 533 g/mol. The first-order valence-electron chi connectivity index (χ1n) is 14.2. The summed E-state index contributed by atoms with van der Waals surface area (Å²) < 4.78 is 49.0. The minimum Gasteiger partial charge on any atom is -0.476 e. The van der Waals surface area contributed by atoms with Crippen LogP contribution in [0.4, 0.5) is 18.9 Å². The van der Waals surface area contributed by atoms with E-state index in [2.05, 4.69) is 15.0 Å². The number of rotatable bonds is 6. The highest BCUT2D eigenvalue weighted by Gasteiger charge is 2.47. The van der Waals surface area contributed by atoms with Crippen LogP contribution in [0, 0.1) is 18.3 Å². The second-order valence-corrected chi connectivity index (χ2v) is 12.1. The Hall–Kier alpha value is -3.82. The Kier molecular flexibility index (Phi) is 5.96. The predicted octanol–water partition coefficient (Wildman–Crippen LogP) is 7.13. The molecule has 214 valence electrons. The van der Waals surface area contributed by atoms with Crippen LogP contribution in [-0.4, -0.2) is 38.7 Å². The van der Waals surface area contributed by atoms with Crippen LogP contribution in [0.25, 0.3) is 16.8 Å². The second-order valence-electron chi connectivity index (χ2n) is 12.1. The minimum atomic E-state index is -4.46. The zero-order valence-corrected chi connectivity index (χ0v) is 22.7. The molecule has 0 unspecified atom stereocenters. The molecule has 7 nitrogen and oxygen atoms in total. The van der Waals surface area contributed by atoms with Crippen molar-refractivity contribution in [2.45, 2.75) is 64.0 Å². The Morgan fingerprint density at radius 3 is 2.54 bits per heavy atom. The number of hydrogen-bond donors (Lipinski definition) is 1. The number of carboxylic acid groups (broad SMARTS) is 1. The van der Waals surface area contributed by atoms with Gasteiger partial charge in [0, 0.05) is 36.3 Å². The minimum absolute atomic E-state index is 0.0647. The molecule has 1 N–H and O–H groups in total. The zero-order valence-electron chi connectivity index (χ0n) is 22.7. The van der Waals surface area contributed by atoms with E-state index >= 15 is 0 Å². The number of carbonyl (C=O) groups is 1. The van der Waals surface area contributed by atoms with E-state index < -0.39 is 17.7 Å². The number of alkyl halides is 3. The number of pyridine rings is 1. The van der Waals surface area contributed by atoms with Crippen LogP contribution in [0.2, 0.25) is 0 Å². The van der Waals surface area contributed by atoms with Gasteiger partial charge in [-0.15, -0.1) is 0 Å². The fraction of sp³-hybridized carbons (Fsp3) is 0.452. The molecule has 0 amide bonds. The first-order chi connectivity index (χ1) is 19.6. The highest BCUT2D eigenvalue weighted by atomic mass is 19.4. The quantitative estimate of drug-likeness (QED) is 0.268. The van der Waals surface area contributed by atoms with Gasteiger partial charge in [0.25, 0.3) is 0 Å². The topological polar surface area (TPSA) is 83.9 Å². The number of aryl methyl sites for hydroxylation is 1. The summed E-state index contributed by atoms with van der Waals surface area (Å²) in [5, 5.41) is 13.6. The molecule has 1 spiro atoms. The third kappa shape index (κ3) is 4.57. The Morgan fingerprint density at radius 1 is 1.12 bits per heavy atom. The van der Waals surface area contributed by atoms with E-state index in [1.165, 1.54) is 12.1 Å². The number of imidazole rings is 1. The molecule has 1 saturated heterocycles. The Morgan fingerprint density at radius 2 is 1.85 bits per heavy atom. The highest BCUT2D eigenvalue weighted by molar-refractivity contribution is 5.94. The molecule has 4 aromatic rings. The van der Waals surface area contributed by atoms with Crippen LogP contribution in [0.15, 0.2) is 47.1 Å². The van der Waals surface area contributed by atoms with Gasteiger partial charge in [-0.25, -0.2) is 9.78 Å². The summed E-state index contributed by atoms with van der Waals surface area (Å²) >= 11 is 0. The molecular formula is C31H31F3N4O3. The molecule has 3 aliphatic rings. The molecule has 1 aliphatic heterocycles. The molecule has 0 atom stereocenters. The number of fused-ring (bicyclic) bond motifs is 1. The number of piperidine rings is 1. The van der Waals surface area contributed by atoms with Crippen molar-refractivity contribution < 1.29 is 27.6 Å². The van der Waals surface area contributed by atoms with Crippen molar-refractivity contribution in [2.75, 3.05) is 18.0 Å². The van der Waals surface area contributed by atoms with E-state index in [1.807, 2.05) is 22.7 Å². The largest absolute Gasteiger partial charge is 0.476 e. The van der Waals surface area contributed by atoms with Crippen molar-refractivity contribution in [1.82, 2.24) is 14.5 Å². The van der Waals surface area contributed by atoms with Gasteiger partial charge in [0.05, 0.1) is 16.8 Å². The van der Waals surface area contributed by atoms with Gasteiger partial charge in [0.2, 0.25) is 0 Å². The van der Waals surface area contributed by atoms with Gasteiger partial charge in [-0.1, -0.05) is 23.4 Å². The molecule has 0 bridgehead atoms. The average molecular weight is 565 g/mol. The number of aromatic nitrogens is 3. The third-order valence-corrected chi connectivity index (χ3v) is 9.38. The van der Waals surface area contributed by atoms with Gasteiger partial charge in [-0.2, -0.15) is 13.2 Å². The molecule has 0 radical (unpaired) electrons. The summed E-state index contributed by atoms with van der Waals surface area (Å²) in [6, 6.07) is 9.46. The molecule has 4 heterocycles. The standard InChI is InChI=1S/C31H31F3N4O3/c1-18-35-27(29(39)40)25-9-8-21(17-38(18)25)37-12-10-30(11-13-37)15-19(16-30)14-23-26(36-41-28(23)20-6-7-20)22-4-2-3-5-24(22)31(32,33)34/h2-5,8-9,17,19-20H,6-7,10-16H2,1H3,(H,39,40). The van der Waals surface area contributed by atoms with Gasteiger partial charge in [0.15, 0.2) is 5.69 Å². The number of carboxylic acids is 1. The molecule has 2 aliphatic carbocycles. The Labute approximate surface area is 235 Å². The SMILES string of the molecule is Cc1nc(C(=O)O)c2ccc(N3CCC4(CC3)CC(Cc3c(-c5ccccc5C(F)(F)F)noc3C3CC3)C4)cn12. The predicted molar refractivity (Wildman–Crippen MR) is 146 cm³/mol. The summed E-state index contributed by atoms with van der Waals surface area (Å²) in [6.45, 7) is 3.62. The van der Waals surface area contributed by atoms with Crippen LogP contribution in [0.1, 0.15) is 77.6 Å². The molecule has 1 aromatic carbocycles. The first kappa shape index (κ1) is 26.1. The van der Waals surface area contributed by atoms with Gasteiger partial charge < -0.3 is 18.9 Å². The van der Waals surface area contributed by atoms with Crippen LogP contribution < -0.4 is 4.90 Å². The molecule has 2 saturated carbocycles. The number of halogens is 3. The van der Waals surface area contributed by atoms with Crippen LogP contribution >= 0.6 is 0 Å². The zero-order chi connectivity index (χ0) is 28.5. The lowest BCUT2D eigenvalue weighted by Gasteiger charge is -2.53. The van der Waals surface area contributed by atoms with Crippen LogP contribution in [0.3, 0.4) is 0 Å². The Bertz CT molecular complexity index is 1640. The maximum atomic E-state index is 13.8. The maximum Gasteiger partial charge on any atom is 0.417 e. The van der Waals surface area contributed by atoms with Crippen LogP contribution in [-0.2, 0) is 12.6 Å². The first-order valence-corrected chi connectivity index (χ1v) is 14.2. The third-order valence-electron chi connectivity index (χ3n) is 9.38. The number of hydrogen-bond acceptors (Lipinski definition) is 5. The normalized spacial score (nSPS) is 19.2. The number of aromatic carboxylic acids is 1. The molecule has 3 aromatic heterocycles. The lowest BCUT2D eigenvalue weighted by atomic mass is 9.56. The highest BCUT2D eigenvalue weighted by Crippen LogP contribution is 2.55. The summed E-state index contributed by atoms with van der Waals surface area (Å²) in [7, 11) is 0. The summed E-state index contributed by atoms with van der Waals surface area (Å²) in [4.78, 5) is 18.1. The average Bonchev–Trinajstić information content (AvgIpc) is 3.61. The van der Waals surface area contributed by atoms with E-state index in [0.29, 0.717) is 29.4 Å². The number of benzene rings is 1. The number of nitrogens with zero attached hydrogens (tertiary/aromatic N) is 4. The van der Waals surface area contributed by atoms with Crippen molar-refractivity contribution in [1.29, 1.82) is 0 Å². The van der Waals surface area contributed by atoms with Crippen molar-refractivity contribution >= 4 is 17.2 Å². The van der Waals surface area contributed by atoms with Crippen molar-refractivity contribution in [3.8, 4) is 11.3 Å².